The fourth-order valence-corrected chi connectivity index (χ4v) is 8.30. The van der Waals surface area contributed by atoms with Crippen LogP contribution in [0.3, 0.4) is 0 Å². The van der Waals surface area contributed by atoms with E-state index in [0.29, 0.717) is 19.3 Å². The number of carbonyl (C=O) groups is 2. The van der Waals surface area contributed by atoms with Crippen molar-refractivity contribution in [3.63, 3.8) is 0 Å². The Hall–Kier alpha value is -1.92. The van der Waals surface area contributed by atoms with E-state index in [1.165, 1.54) is 167 Å². The third-order valence-electron chi connectivity index (χ3n) is 12.5. The van der Waals surface area contributed by atoms with Gasteiger partial charge in [0.15, 0.2) is 0 Å². The number of nitrogens with one attached hydrogen (secondary N) is 1. The molecule has 0 fully saturated rings. The SMILES string of the molecule is CCCCC/C=C/C=C/CCCCCCCCC(=O)OC(CCCCC/C=C/CCCCCCCCC)CC(=O)NC(CO)C(O)CCCCCCCCCCCCCCCC. The van der Waals surface area contributed by atoms with Gasteiger partial charge in [0.05, 0.1) is 25.2 Å². The second-order valence-electron chi connectivity index (χ2n) is 18.7. The van der Waals surface area contributed by atoms with Gasteiger partial charge in [-0.2, -0.15) is 0 Å². The van der Waals surface area contributed by atoms with Crippen molar-refractivity contribution in [2.75, 3.05) is 6.61 Å². The molecule has 0 saturated carbocycles. The molecular formula is C56H105NO5. The summed E-state index contributed by atoms with van der Waals surface area (Å²) in [6, 6.07) is -0.707. The Kier molecular flexibility index (Phi) is 48.5. The summed E-state index contributed by atoms with van der Waals surface area (Å²) in [6.07, 6.45) is 59.1. The van der Waals surface area contributed by atoms with E-state index < -0.39 is 18.2 Å². The molecule has 0 rings (SSSR count). The van der Waals surface area contributed by atoms with Gasteiger partial charge in [0, 0.05) is 6.42 Å². The van der Waals surface area contributed by atoms with Crippen LogP contribution in [0.1, 0.15) is 284 Å². The summed E-state index contributed by atoms with van der Waals surface area (Å²) in [4.78, 5) is 26.2. The predicted octanol–water partition coefficient (Wildman–Crippen LogP) is 16.5. The lowest BCUT2D eigenvalue weighted by atomic mass is 10.0. The molecule has 0 heterocycles. The lowest BCUT2D eigenvalue weighted by Crippen LogP contribution is -2.46. The van der Waals surface area contributed by atoms with Crippen LogP contribution in [0.25, 0.3) is 0 Å². The number of aliphatic hydroxyl groups is 2. The lowest BCUT2D eigenvalue weighted by molar-refractivity contribution is -0.151. The maximum atomic E-state index is 13.2. The van der Waals surface area contributed by atoms with Gasteiger partial charge < -0.3 is 20.3 Å². The molecule has 0 spiro atoms. The molecule has 0 saturated heterocycles. The van der Waals surface area contributed by atoms with Crippen molar-refractivity contribution in [3.8, 4) is 0 Å². The van der Waals surface area contributed by atoms with Crippen molar-refractivity contribution in [3.05, 3.63) is 36.5 Å². The molecular weight excluding hydrogens is 767 g/mol. The smallest absolute Gasteiger partial charge is 0.306 e. The normalized spacial score (nSPS) is 13.4. The van der Waals surface area contributed by atoms with Crippen LogP contribution >= 0.6 is 0 Å². The van der Waals surface area contributed by atoms with E-state index in [0.717, 1.165) is 70.6 Å². The number of rotatable bonds is 49. The molecule has 3 unspecified atom stereocenters. The maximum Gasteiger partial charge on any atom is 0.306 e. The fraction of sp³-hybridized carbons (Fsp3) is 0.857. The average molecular weight is 872 g/mol. The van der Waals surface area contributed by atoms with Crippen LogP contribution in [-0.2, 0) is 14.3 Å². The van der Waals surface area contributed by atoms with E-state index >= 15 is 0 Å². The summed E-state index contributed by atoms with van der Waals surface area (Å²) in [5, 5.41) is 23.8. The number of carbonyl (C=O) groups excluding carboxylic acids is 2. The van der Waals surface area contributed by atoms with Gasteiger partial charge in [-0.25, -0.2) is 0 Å². The van der Waals surface area contributed by atoms with E-state index in [9.17, 15) is 19.8 Å². The molecule has 0 aliphatic heterocycles. The predicted molar refractivity (Wildman–Crippen MR) is 269 cm³/mol. The molecule has 6 nitrogen and oxygen atoms in total. The monoisotopic (exact) mass is 872 g/mol. The zero-order chi connectivity index (χ0) is 45.2. The molecule has 1 amide bonds. The molecule has 0 aromatic rings. The van der Waals surface area contributed by atoms with Gasteiger partial charge in [-0.15, -0.1) is 0 Å². The van der Waals surface area contributed by atoms with Crippen molar-refractivity contribution in [2.45, 2.75) is 302 Å². The standard InChI is InChI=1S/C56H105NO5/c1-4-7-10-13-16-19-22-25-28-31-34-37-40-43-46-49-56(61)62-52(47-44-41-38-35-32-29-26-23-20-17-14-11-8-5-2)50-55(60)57-53(51-58)54(59)48-45-42-39-36-33-30-27-24-21-18-15-12-9-6-3/h16,19,22,25,29,32,52-54,58-59H,4-15,17-18,20-21,23-24,26-28,30-31,33-51H2,1-3H3,(H,57,60)/b19-16+,25-22+,32-29+. The number of aliphatic hydroxyl groups excluding tert-OH is 2. The molecule has 0 aliphatic carbocycles. The Balaban J connectivity index is 4.59. The van der Waals surface area contributed by atoms with Crippen LogP contribution in [0.4, 0.5) is 0 Å². The summed E-state index contributed by atoms with van der Waals surface area (Å²) in [6.45, 7) is 6.46. The first kappa shape index (κ1) is 60.1. The number of hydrogen-bond donors (Lipinski definition) is 3. The molecule has 0 aromatic carbocycles. The van der Waals surface area contributed by atoms with E-state index in [1.54, 1.807) is 0 Å². The molecule has 3 atom stereocenters. The number of allylic oxidation sites excluding steroid dienone is 6. The van der Waals surface area contributed by atoms with E-state index in [2.05, 4.69) is 62.5 Å². The fourth-order valence-electron chi connectivity index (χ4n) is 8.30. The van der Waals surface area contributed by atoms with Crippen LogP contribution in [0.15, 0.2) is 36.5 Å². The Morgan fingerprint density at radius 2 is 0.823 bits per heavy atom. The molecule has 0 aromatic heterocycles. The molecule has 3 N–H and O–H groups in total. The Bertz CT molecular complexity index is 1020. The molecule has 0 bridgehead atoms. The highest BCUT2D eigenvalue weighted by atomic mass is 16.5. The minimum atomic E-state index is -0.792. The highest BCUT2D eigenvalue weighted by Gasteiger charge is 2.24. The number of ether oxygens (including phenoxy) is 1. The Morgan fingerprint density at radius 3 is 1.29 bits per heavy atom. The Morgan fingerprint density at radius 1 is 0.468 bits per heavy atom. The topological polar surface area (TPSA) is 95.9 Å². The van der Waals surface area contributed by atoms with Gasteiger partial charge in [-0.1, -0.05) is 231 Å². The highest BCUT2D eigenvalue weighted by molar-refractivity contribution is 5.77. The second-order valence-corrected chi connectivity index (χ2v) is 18.7. The molecule has 0 aliphatic rings. The number of unbranched alkanes of at least 4 members (excludes halogenated alkanes) is 32. The summed E-state index contributed by atoms with van der Waals surface area (Å²) in [5.74, 6) is -0.492. The van der Waals surface area contributed by atoms with Crippen molar-refractivity contribution in [1.82, 2.24) is 5.32 Å². The number of hydrogen-bond acceptors (Lipinski definition) is 5. The van der Waals surface area contributed by atoms with Crippen LogP contribution in [0.5, 0.6) is 0 Å². The van der Waals surface area contributed by atoms with Gasteiger partial charge in [-0.05, 0) is 77.0 Å². The van der Waals surface area contributed by atoms with Crippen LogP contribution in [0.2, 0.25) is 0 Å². The minimum absolute atomic E-state index is 0.0647. The third-order valence-corrected chi connectivity index (χ3v) is 12.5. The van der Waals surface area contributed by atoms with Crippen molar-refractivity contribution in [2.24, 2.45) is 0 Å². The first-order valence-corrected chi connectivity index (χ1v) is 27.2. The van der Waals surface area contributed by atoms with Crippen molar-refractivity contribution in [1.29, 1.82) is 0 Å². The zero-order valence-corrected chi connectivity index (χ0v) is 41.5. The zero-order valence-electron chi connectivity index (χ0n) is 41.5. The van der Waals surface area contributed by atoms with Gasteiger partial charge in [0.1, 0.15) is 6.10 Å². The maximum absolute atomic E-state index is 13.2. The molecule has 62 heavy (non-hydrogen) atoms. The summed E-state index contributed by atoms with van der Waals surface area (Å²) < 4.78 is 5.93. The number of esters is 1. The van der Waals surface area contributed by atoms with Crippen molar-refractivity contribution >= 4 is 11.9 Å². The molecule has 0 radical (unpaired) electrons. The lowest BCUT2D eigenvalue weighted by Gasteiger charge is -2.24. The van der Waals surface area contributed by atoms with E-state index in [4.69, 9.17) is 4.74 Å². The van der Waals surface area contributed by atoms with Crippen molar-refractivity contribution < 1.29 is 24.5 Å². The molecule has 6 heteroatoms. The number of amides is 1. The largest absolute Gasteiger partial charge is 0.462 e. The Labute approximate surface area is 385 Å². The highest BCUT2D eigenvalue weighted by Crippen LogP contribution is 2.18. The summed E-state index contributed by atoms with van der Waals surface area (Å²) in [7, 11) is 0. The minimum Gasteiger partial charge on any atom is -0.462 e. The van der Waals surface area contributed by atoms with Crippen LogP contribution in [-0.4, -0.2) is 46.9 Å². The van der Waals surface area contributed by atoms with E-state index in [-0.39, 0.29) is 24.9 Å². The van der Waals surface area contributed by atoms with Crippen LogP contribution < -0.4 is 5.32 Å². The summed E-state index contributed by atoms with van der Waals surface area (Å²) in [5.41, 5.74) is 0. The van der Waals surface area contributed by atoms with Gasteiger partial charge >= 0.3 is 5.97 Å². The summed E-state index contributed by atoms with van der Waals surface area (Å²) >= 11 is 0. The second kappa shape index (κ2) is 50.1. The third kappa shape index (κ3) is 44.7. The van der Waals surface area contributed by atoms with Gasteiger partial charge in [0.2, 0.25) is 5.91 Å². The first-order chi connectivity index (χ1) is 30.5. The van der Waals surface area contributed by atoms with Gasteiger partial charge in [0.25, 0.3) is 0 Å². The molecule has 364 valence electrons. The van der Waals surface area contributed by atoms with Gasteiger partial charge in [-0.3, -0.25) is 9.59 Å². The quantitative estimate of drug-likeness (QED) is 0.0245. The van der Waals surface area contributed by atoms with Crippen LogP contribution in [0, 0.1) is 0 Å². The average Bonchev–Trinajstić information content (AvgIpc) is 3.26. The first-order valence-electron chi connectivity index (χ1n) is 27.2. The van der Waals surface area contributed by atoms with E-state index in [1.807, 2.05) is 0 Å².